The van der Waals surface area contributed by atoms with E-state index in [0.717, 1.165) is 32.9 Å². The lowest BCUT2D eigenvalue weighted by Crippen LogP contribution is -2.04. The summed E-state index contributed by atoms with van der Waals surface area (Å²) in [6.07, 6.45) is 3.50. The van der Waals surface area contributed by atoms with Gasteiger partial charge in [-0.15, -0.1) is 0 Å². The van der Waals surface area contributed by atoms with Crippen molar-refractivity contribution in [1.29, 1.82) is 0 Å². The van der Waals surface area contributed by atoms with Crippen molar-refractivity contribution in [3.05, 3.63) is 83.0 Å². The number of halogens is 1. The summed E-state index contributed by atoms with van der Waals surface area (Å²) in [6.45, 7) is 2.56. The average molecular weight is 502 g/mol. The van der Waals surface area contributed by atoms with E-state index in [-0.39, 0.29) is 0 Å². The van der Waals surface area contributed by atoms with E-state index in [0.29, 0.717) is 29.4 Å². The third-order valence-electron chi connectivity index (χ3n) is 5.08. The van der Waals surface area contributed by atoms with Crippen molar-refractivity contribution in [3.8, 4) is 17.3 Å². The summed E-state index contributed by atoms with van der Waals surface area (Å²) in [6, 6.07) is 17.5. The molecule has 0 aliphatic carbocycles. The van der Waals surface area contributed by atoms with E-state index in [4.69, 9.17) is 14.7 Å². The number of imidazole rings is 1. The highest BCUT2D eigenvalue weighted by Crippen LogP contribution is 2.27. The summed E-state index contributed by atoms with van der Waals surface area (Å²) in [5, 5.41) is 3.36. The molecule has 33 heavy (non-hydrogen) atoms. The minimum atomic E-state index is 0.526. The molecule has 8 nitrogen and oxygen atoms in total. The van der Waals surface area contributed by atoms with Crippen molar-refractivity contribution in [2.24, 2.45) is 0 Å². The zero-order valence-corrected chi connectivity index (χ0v) is 19.6. The normalized spacial score (nSPS) is 11.0. The molecule has 0 fully saturated rings. The van der Waals surface area contributed by atoms with Crippen molar-refractivity contribution in [2.75, 3.05) is 12.4 Å². The first kappa shape index (κ1) is 21.0. The number of hydrogen-bond acceptors (Lipinski definition) is 7. The molecule has 164 valence electrons. The molecule has 0 unspecified atom stereocenters. The fraction of sp³-hybridized carbons (Fsp3) is 0.125. The van der Waals surface area contributed by atoms with E-state index in [1.54, 1.807) is 19.6 Å². The number of pyridine rings is 2. The van der Waals surface area contributed by atoms with Crippen molar-refractivity contribution < 1.29 is 4.74 Å². The van der Waals surface area contributed by atoms with Crippen LogP contribution in [0.5, 0.6) is 5.75 Å². The van der Waals surface area contributed by atoms with E-state index < -0.39 is 0 Å². The molecule has 0 amide bonds. The molecule has 5 aromatic rings. The summed E-state index contributed by atoms with van der Waals surface area (Å²) in [5.41, 5.74) is 4.94. The highest BCUT2D eigenvalue weighted by atomic mass is 79.9. The van der Waals surface area contributed by atoms with E-state index in [1.165, 1.54) is 0 Å². The number of benzene rings is 1. The molecule has 0 aliphatic heterocycles. The number of hydrogen-bond donors (Lipinski definition) is 1. The van der Waals surface area contributed by atoms with Crippen LogP contribution in [-0.2, 0) is 6.54 Å². The smallest absolute Gasteiger partial charge is 0.182 e. The Morgan fingerprint density at radius 2 is 1.85 bits per heavy atom. The average Bonchev–Trinajstić information content (AvgIpc) is 3.22. The lowest BCUT2D eigenvalue weighted by atomic mass is 10.2. The van der Waals surface area contributed by atoms with Gasteiger partial charge in [0.25, 0.3) is 0 Å². The zero-order valence-electron chi connectivity index (χ0n) is 18.0. The first-order valence-electron chi connectivity index (χ1n) is 10.3. The van der Waals surface area contributed by atoms with Crippen molar-refractivity contribution in [1.82, 2.24) is 29.5 Å². The predicted molar refractivity (Wildman–Crippen MR) is 131 cm³/mol. The van der Waals surface area contributed by atoms with Gasteiger partial charge >= 0.3 is 0 Å². The van der Waals surface area contributed by atoms with Crippen LogP contribution in [0.4, 0.5) is 11.5 Å². The Morgan fingerprint density at radius 3 is 2.61 bits per heavy atom. The third-order valence-corrected chi connectivity index (χ3v) is 5.52. The number of aryl methyl sites for hydroxylation is 1. The largest absolute Gasteiger partial charge is 0.497 e. The summed E-state index contributed by atoms with van der Waals surface area (Å²) >= 11 is 3.41. The van der Waals surface area contributed by atoms with Crippen molar-refractivity contribution >= 4 is 38.6 Å². The summed E-state index contributed by atoms with van der Waals surface area (Å²) < 4.78 is 8.00. The highest BCUT2D eigenvalue weighted by molar-refractivity contribution is 9.10. The Morgan fingerprint density at radius 1 is 1.00 bits per heavy atom. The molecule has 5 rings (SSSR count). The van der Waals surface area contributed by atoms with Crippen molar-refractivity contribution in [2.45, 2.75) is 13.5 Å². The minimum Gasteiger partial charge on any atom is -0.497 e. The Kier molecular flexibility index (Phi) is 5.70. The second-order valence-corrected chi connectivity index (χ2v) is 8.26. The van der Waals surface area contributed by atoms with Crippen LogP contribution in [0.25, 0.3) is 22.7 Å². The number of aromatic nitrogens is 6. The highest BCUT2D eigenvalue weighted by Gasteiger charge is 2.16. The SMILES string of the molecule is COc1ccc(Cn2cnc3c(Nc4ccnc(Br)c4)nc(-c4cccc(C)n4)nc32)cc1. The molecular formula is C24H20BrN7O. The fourth-order valence-electron chi connectivity index (χ4n) is 3.47. The Hall–Kier alpha value is -3.85. The van der Waals surface area contributed by atoms with Crippen LogP contribution in [0.15, 0.2) is 71.7 Å². The summed E-state index contributed by atoms with van der Waals surface area (Å²) in [5.74, 6) is 1.95. The molecule has 4 aromatic heterocycles. The quantitative estimate of drug-likeness (QED) is 0.321. The Labute approximate surface area is 198 Å². The van der Waals surface area contributed by atoms with Gasteiger partial charge in [0, 0.05) is 17.6 Å². The van der Waals surface area contributed by atoms with Gasteiger partial charge in [-0.05, 0) is 64.8 Å². The molecule has 0 saturated heterocycles. The number of ether oxygens (including phenoxy) is 1. The number of nitrogens with one attached hydrogen (secondary N) is 1. The second kappa shape index (κ2) is 8.95. The van der Waals surface area contributed by atoms with Gasteiger partial charge in [-0.3, -0.25) is 0 Å². The molecule has 1 N–H and O–H groups in total. The maximum absolute atomic E-state index is 5.27. The van der Waals surface area contributed by atoms with Gasteiger partial charge in [-0.25, -0.2) is 24.9 Å². The number of methoxy groups -OCH3 is 1. The molecule has 0 atom stereocenters. The first-order valence-corrected chi connectivity index (χ1v) is 11.1. The molecule has 0 radical (unpaired) electrons. The van der Waals surface area contributed by atoms with E-state index in [9.17, 15) is 0 Å². The first-order chi connectivity index (χ1) is 16.1. The van der Waals surface area contributed by atoms with Gasteiger partial charge in [-0.1, -0.05) is 18.2 Å². The molecule has 1 aromatic carbocycles. The standard InChI is InChI=1S/C24H20BrN7O/c1-15-4-3-5-19(28-15)22-30-23(29-17-10-11-26-20(25)12-17)21-24(31-22)32(14-27-21)13-16-6-8-18(33-2)9-7-16/h3-12,14H,13H2,1-2H3,(H,26,29,30,31). The third kappa shape index (κ3) is 4.54. The van der Waals surface area contributed by atoms with Crippen LogP contribution in [0.3, 0.4) is 0 Å². The van der Waals surface area contributed by atoms with Crippen LogP contribution in [0.2, 0.25) is 0 Å². The summed E-state index contributed by atoms with van der Waals surface area (Å²) in [4.78, 5) is 23.0. The van der Waals surface area contributed by atoms with Crippen LogP contribution < -0.4 is 10.1 Å². The summed E-state index contributed by atoms with van der Waals surface area (Å²) in [7, 11) is 1.66. The number of nitrogens with zero attached hydrogens (tertiary/aromatic N) is 6. The predicted octanol–water partition coefficient (Wildman–Crippen LogP) is 5.15. The molecule has 4 heterocycles. The van der Waals surface area contributed by atoms with E-state index in [2.05, 4.69) is 36.2 Å². The fourth-order valence-corrected chi connectivity index (χ4v) is 3.84. The van der Waals surface area contributed by atoms with Gasteiger partial charge in [0.2, 0.25) is 0 Å². The molecule has 9 heteroatoms. The van der Waals surface area contributed by atoms with Crippen LogP contribution in [-0.4, -0.2) is 36.6 Å². The van der Waals surface area contributed by atoms with Gasteiger partial charge in [-0.2, -0.15) is 0 Å². The lowest BCUT2D eigenvalue weighted by Gasteiger charge is -2.10. The number of anilines is 2. The van der Waals surface area contributed by atoms with Crippen molar-refractivity contribution in [3.63, 3.8) is 0 Å². The second-order valence-electron chi connectivity index (χ2n) is 7.45. The number of rotatable bonds is 6. The van der Waals surface area contributed by atoms with Crippen LogP contribution >= 0.6 is 15.9 Å². The molecular weight excluding hydrogens is 482 g/mol. The van der Waals surface area contributed by atoms with Gasteiger partial charge in [0.1, 0.15) is 16.0 Å². The minimum absolute atomic E-state index is 0.526. The molecule has 0 spiro atoms. The molecule has 0 bridgehead atoms. The van der Waals surface area contributed by atoms with Crippen LogP contribution in [0.1, 0.15) is 11.3 Å². The zero-order chi connectivity index (χ0) is 22.8. The monoisotopic (exact) mass is 501 g/mol. The molecule has 0 saturated carbocycles. The molecule has 0 aliphatic rings. The van der Waals surface area contributed by atoms with Gasteiger partial charge in [0.15, 0.2) is 22.8 Å². The maximum Gasteiger partial charge on any atom is 0.182 e. The maximum atomic E-state index is 5.27. The van der Waals surface area contributed by atoms with E-state index in [1.807, 2.05) is 66.1 Å². The topological polar surface area (TPSA) is 90.6 Å². The van der Waals surface area contributed by atoms with Gasteiger partial charge < -0.3 is 14.6 Å². The number of fused-ring (bicyclic) bond motifs is 1. The Balaban J connectivity index is 1.61. The Bertz CT molecular complexity index is 1430. The van der Waals surface area contributed by atoms with E-state index >= 15 is 0 Å². The van der Waals surface area contributed by atoms with Crippen LogP contribution in [0, 0.1) is 6.92 Å². The lowest BCUT2D eigenvalue weighted by molar-refractivity contribution is 0.414. The van der Waals surface area contributed by atoms with Gasteiger partial charge in [0.05, 0.1) is 20.0 Å².